The van der Waals surface area contributed by atoms with E-state index in [1.165, 1.54) is 6.92 Å². The van der Waals surface area contributed by atoms with Crippen molar-refractivity contribution in [2.75, 3.05) is 0 Å². The average Bonchev–Trinajstić information content (AvgIpc) is 2.78. The van der Waals surface area contributed by atoms with Crippen LogP contribution in [-0.2, 0) is 4.74 Å². The normalized spacial score (nSPS) is 13.0. The first kappa shape index (κ1) is 16.0. The van der Waals surface area contributed by atoms with E-state index in [1.807, 2.05) is 27.7 Å². The van der Waals surface area contributed by atoms with Gasteiger partial charge in [0.05, 0.1) is 17.1 Å². The molecule has 1 unspecified atom stereocenters. The first-order valence-corrected chi connectivity index (χ1v) is 7.16. The molecular weight excluding hydrogens is 282 g/mol. The second kappa shape index (κ2) is 5.79. The molecule has 1 heterocycles. The van der Waals surface area contributed by atoms with Crippen LogP contribution in [0.25, 0.3) is 11.0 Å². The predicted octanol–water partition coefficient (Wildman–Crippen LogP) is 3.35. The molecule has 1 amide bonds. The lowest BCUT2D eigenvalue weighted by atomic mass is 10.1. The number of imidazole rings is 1. The Bertz CT molecular complexity index is 713. The lowest BCUT2D eigenvalue weighted by molar-refractivity contribution is 0.0506. The number of benzene rings is 1. The van der Waals surface area contributed by atoms with Crippen LogP contribution in [0.2, 0.25) is 0 Å². The fourth-order valence-corrected chi connectivity index (χ4v) is 2.01. The topological polar surface area (TPSA) is 84.1 Å². The molecule has 1 aromatic carbocycles. The van der Waals surface area contributed by atoms with Crippen LogP contribution in [0.1, 0.15) is 56.8 Å². The number of alkyl carbamates (subject to hydrolysis) is 1. The molecule has 2 N–H and O–H groups in total. The van der Waals surface area contributed by atoms with E-state index in [9.17, 15) is 9.59 Å². The van der Waals surface area contributed by atoms with Crippen molar-refractivity contribution in [3.05, 3.63) is 29.6 Å². The van der Waals surface area contributed by atoms with Crippen LogP contribution >= 0.6 is 0 Å². The Morgan fingerprint density at radius 1 is 1.32 bits per heavy atom. The number of hydrogen-bond donors (Lipinski definition) is 2. The lowest BCUT2D eigenvalue weighted by Crippen LogP contribution is -2.34. The summed E-state index contributed by atoms with van der Waals surface area (Å²) in [5, 5.41) is 2.73. The number of carbonyl (C=O) groups is 2. The standard InChI is InChI=1S/C16H21N3O3/c1-9(17-15(21)22-16(3,4)5)14-18-12-7-6-11(10(2)20)8-13(12)19-14/h6-9H,1-5H3,(H,17,21)(H,18,19). The van der Waals surface area contributed by atoms with Crippen LogP contribution in [0.4, 0.5) is 4.79 Å². The average molecular weight is 303 g/mol. The molecular formula is C16H21N3O3. The highest BCUT2D eigenvalue weighted by atomic mass is 16.6. The van der Waals surface area contributed by atoms with Gasteiger partial charge in [0, 0.05) is 5.56 Å². The first-order valence-electron chi connectivity index (χ1n) is 7.16. The Morgan fingerprint density at radius 2 is 2.00 bits per heavy atom. The van der Waals surface area contributed by atoms with Gasteiger partial charge in [-0.1, -0.05) is 0 Å². The van der Waals surface area contributed by atoms with Gasteiger partial charge < -0.3 is 15.0 Å². The summed E-state index contributed by atoms with van der Waals surface area (Å²) < 4.78 is 5.22. The number of aromatic nitrogens is 2. The molecule has 6 nitrogen and oxygen atoms in total. The van der Waals surface area contributed by atoms with E-state index >= 15 is 0 Å². The van der Waals surface area contributed by atoms with E-state index in [4.69, 9.17) is 4.74 Å². The number of carbonyl (C=O) groups excluding carboxylic acids is 2. The van der Waals surface area contributed by atoms with Gasteiger partial charge in [-0.05, 0) is 52.8 Å². The van der Waals surface area contributed by atoms with Crippen LogP contribution in [0.5, 0.6) is 0 Å². The molecule has 0 saturated carbocycles. The van der Waals surface area contributed by atoms with E-state index in [2.05, 4.69) is 15.3 Å². The molecule has 22 heavy (non-hydrogen) atoms. The fourth-order valence-electron chi connectivity index (χ4n) is 2.01. The minimum Gasteiger partial charge on any atom is -0.444 e. The van der Waals surface area contributed by atoms with Gasteiger partial charge in [-0.25, -0.2) is 9.78 Å². The number of ketones is 1. The number of hydrogen-bond acceptors (Lipinski definition) is 4. The maximum atomic E-state index is 11.8. The van der Waals surface area contributed by atoms with Crippen LogP contribution < -0.4 is 5.32 Å². The third-order valence-corrected chi connectivity index (χ3v) is 3.05. The van der Waals surface area contributed by atoms with Crippen molar-refractivity contribution >= 4 is 22.9 Å². The maximum absolute atomic E-state index is 11.8. The van der Waals surface area contributed by atoms with Gasteiger partial charge in [-0.3, -0.25) is 4.79 Å². The summed E-state index contributed by atoms with van der Waals surface area (Å²) >= 11 is 0. The SMILES string of the molecule is CC(=O)c1ccc2nc(C(C)NC(=O)OC(C)(C)C)[nH]c2c1. The van der Waals surface area contributed by atoms with Crippen LogP contribution in [0.3, 0.4) is 0 Å². The van der Waals surface area contributed by atoms with Crippen molar-refractivity contribution in [1.82, 2.24) is 15.3 Å². The molecule has 0 spiro atoms. The number of nitrogens with one attached hydrogen (secondary N) is 2. The Labute approximate surface area is 129 Å². The van der Waals surface area contributed by atoms with Gasteiger partial charge in [0.25, 0.3) is 0 Å². The molecule has 0 fully saturated rings. The summed E-state index contributed by atoms with van der Waals surface area (Å²) in [6.45, 7) is 8.75. The minimum absolute atomic E-state index is 0.00187. The van der Waals surface area contributed by atoms with E-state index in [-0.39, 0.29) is 11.8 Å². The summed E-state index contributed by atoms with van der Waals surface area (Å²) in [5.41, 5.74) is 1.59. The Hall–Kier alpha value is -2.37. The van der Waals surface area contributed by atoms with Crippen LogP contribution in [0, 0.1) is 0 Å². The number of aromatic amines is 1. The molecule has 0 aliphatic carbocycles. The Balaban J connectivity index is 2.16. The van der Waals surface area contributed by atoms with Crippen molar-refractivity contribution in [3.8, 4) is 0 Å². The monoisotopic (exact) mass is 303 g/mol. The molecule has 0 saturated heterocycles. The second-order valence-corrected chi connectivity index (χ2v) is 6.28. The zero-order chi connectivity index (χ0) is 16.5. The summed E-state index contributed by atoms with van der Waals surface area (Å²) in [4.78, 5) is 30.7. The van der Waals surface area contributed by atoms with Gasteiger partial charge >= 0.3 is 6.09 Å². The third-order valence-electron chi connectivity index (χ3n) is 3.05. The number of H-pyrrole nitrogens is 1. The van der Waals surface area contributed by atoms with Crippen molar-refractivity contribution < 1.29 is 14.3 Å². The third kappa shape index (κ3) is 3.84. The first-order chi connectivity index (χ1) is 10.2. The van der Waals surface area contributed by atoms with Crippen molar-refractivity contribution in [2.24, 2.45) is 0 Å². The van der Waals surface area contributed by atoms with Crippen LogP contribution in [0.15, 0.2) is 18.2 Å². The number of nitrogens with zero attached hydrogens (tertiary/aromatic N) is 1. The molecule has 2 aromatic rings. The van der Waals surface area contributed by atoms with Gasteiger partial charge in [0.2, 0.25) is 0 Å². The molecule has 1 aromatic heterocycles. The van der Waals surface area contributed by atoms with Gasteiger partial charge in [0.15, 0.2) is 5.78 Å². The lowest BCUT2D eigenvalue weighted by Gasteiger charge is -2.21. The van der Waals surface area contributed by atoms with Crippen molar-refractivity contribution in [3.63, 3.8) is 0 Å². The second-order valence-electron chi connectivity index (χ2n) is 6.28. The van der Waals surface area contributed by atoms with Gasteiger partial charge in [-0.2, -0.15) is 0 Å². The Kier molecular flexibility index (Phi) is 4.21. The van der Waals surface area contributed by atoms with Crippen molar-refractivity contribution in [2.45, 2.75) is 46.3 Å². The minimum atomic E-state index is -0.548. The number of ether oxygens (including phenoxy) is 1. The molecule has 1 atom stereocenters. The maximum Gasteiger partial charge on any atom is 0.408 e. The largest absolute Gasteiger partial charge is 0.444 e. The zero-order valence-corrected chi connectivity index (χ0v) is 13.5. The number of Topliss-reactive ketones (excluding diaryl/α,β-unsaturated/α-hetero) is 1. The molecule has 0 aliphatic rings. The number of amides is 1. The smallest absolute Gasteiger partial charge is 0.408 e. The number of rotatable bonds is 3. The molecule has 0 aliphatic heterocycles. The van der Waals surface area contributed by atoms with Crippen molar-refractivity contribution in [1.29, 1.82) is 0 Å². The van der Waals surface area contributed by atoms with E-state index in [0.717, 1.165) is 11.0 Å². The van der Waals surface area contributed by atoms with Crippen LogP contribution in [-0.4, -0.2) is 27.4 Å². The fraction of sp³-hybridized carbons (Fsp3) is 0.438. The van der Waals surface area contributed by atoms with E-state index in [0.29, 0.717) is 11.4 Å². The highest BCUT2D eigenvalue weighted by Crippen LogP contribution is 2.18. The molecule has 2 rings (SSSR count). The zero-order valence-electron chi connectivity index (χ0n) is 13.5. The predicted molar refractivity (Wildman–Crippen MR) is 83.9 cm³/mol. The molecule has 0 radical (unpaired) electrons. The summed E-state index contributed by atoms with van der Waals surface area (Å²) in [6, 6.07) is 4.95. The summed E-state index contributed by atoms with van der Waals surface area (Å²) in [7, 11) is 0. The summed E-state index contributed by atoms with van der Waals surface area (Å²) in [5.74, 6) is 0.611. The van der Waals surface area contributed by atoms with Gasteiger partial charge in [-0.15, -0.1) is 0 Å². The highest BCUT2D eigenvalue weighted by molar-refractivity contribution is 5.97. The molecule has 118 valence electrons. The Morgan fingerprint density at radius 3 is 2.59 bits per heavy atom. The molecule has 0 bridgehead atoms. The molecule has 6 heteroatoms. The van der Waals surface area contributed by atoms with E-state index in [1.54, 1.807) is 18.2 Å². The van der Waals surface area contributed by atoms with E-state index < -0.39 is 11.7 Å². The quantitative estimate of drug-likeness (QED) is 0.852. The number of fused-ring (bicyclic) bond motifs is 1. The summed E-state index contributed by atoms with van der Waals surface area (Å²) in [6.07, 6.45) is -0.495. The highest BCUT2D eigenvalue weighted by Gasteiger charge is 2.19. The van der Waals surface area contributed by atoms with Gasteiger partial charge in [0.1, 0.15) is 11.4 Å².